The Hall–Kier alpha value is -0.410. The van der Waals surface area contributed by atoms with Gasteiger partial charge in [-0.05, 0) is 19.3 Å². The molecule has 2 N–H and O–H groups in total. The summed E-state index contributed by atoms with van der Waals surface area (Å²) in [5.74, 6) is 0.643. The molecule has 2 nitrogen and oxygen atoms in total. The number of aryl methyl sites for hydroxylation is 1. The predicted molar refractivity (Wildman–Crippen MR) is 53.2 cm³/mol. The van der Waals surface area contributed by atoms with E-state index < -0.39 is 0 Å². The van der Waals surface area contributed by atoms with Gasteiger partial charge in [-0.2, -0.15) is 0 Å². The third kappa shape index (κ3) is 2.57. The zero-order chi connectivity index (χ0) is 9.14. The van der Waals surface area contributed by atoms with E-state index in [0.717, 1.165) is 17.1 Å². The van der Waals surface area contributed by atoms with Crippen LogP contribution in [0.15, 0.2) is 5.38 Å². The highest BCUT2D eigenvalue weighted by Gasteiger charge is 2.10. The minimum Gasteiger partial charge on any atom is -0.322 e. The molecule has 68 valence electrons. The Labute approximate surface area is 77.8 Å². The van der Waals surface area contributed by atoms with Gasteiger partial charge in [-0.25, -0.2) is 4.98 Å². The third-order valence-corrected chi connectivity index (χ3v) is 2.77. The van der Waals surface area contributed by atoms with Crippen molar-refractivity contribution in [2.24, 2.45) is 11.7 Å². The molecule has 1 heterocycles. The number of nitrogens with two attached hydrogens (primary N) is 1. The van der Waals surface area contributed by atoms with Crippen LogP contribution in [0.4, 0.5) is 0 Å². The molecule has 0 aliphatic carbocycles. The monoisotopic (exact) mass is 184 g/mol. The van der Waals surface area contributed by atoms with Crippen molar-refractivity contribution in [1.29, 1.82) is 0 Å². The molecule has 3 heteroatoms. The largest absolute Gasteiger partial charge is 0.322 e. The van der Waals surface area contributed by atoms with Gasteiger partial charge in [-0.3, -0.25) is 0 Å². The predicted octanol–water partition coefficient (Wildman–Crippen LogP) is 2.50. The van der Waals surface area contributed by atoms with E-state index in [0.29, 0.717) is 5.92 Å². The summed E-state index contributed by atoms with van der Waals surface area (Å²) >= 11 is 1.66. The third-order valence-electron chi connectivity index (χ3n) is 1.68. The van der Waals surface area contributed by atoms with Crippen LogP contribution in [-0.2, 0) is 0 Å². The van der Waals surface area contributed by atoms with Crippen LogP contribution < -0.4 is 5.73 Å². The van der Waals surface area contributed by atoms with E-state index in [2.05, 4.69) is 24.2 Å². The Bertz CT molecular complexity index is 242. The van der Waals surface area contributed by atoms with Gasteiger partial charge < -0.3 is 5.73 Å². The second-order valence-corrected chi connectivity index (χ2v) is 4.45. The minimum absolute atomic E-state index is 0.128. The van der Waals surface area contributed by atoms with E-state index in [1.165, 1.54) is 0 Å². The Morgan fingerprint density at radius 1 is 1.58 bits per heavy atom. The van der Waals surface area contributed by atoms with Crippen molar-refractivity contribution in [2.45, 2.75) is 33.2 Å². The fourth-order valence-corrected chi connectivity index (χ4v) is 1.96. The molecular formula is C9H16N2S. The lowest BCUT2D eigenvalue weighted by Gasteiger charge is -2.10. The average molecular weight is 184 g/mol. The van der Waals surface area contributed by atoms with Gasteiger partial charge in [-0.15, -0.1) is 11.3 Å². The zero-order valence-corrected chi connectivity index (χ0v) is 8.69. The number of aromatic nitrogens is 1. The lowest BCUT2D eigenvalue weighted by Crippen LogP contribution is -2.12. The maximum Gasteiger partial charge on any atom is 0.110 e. The number of nitrogens with zero attached hydrogens (tertiary/aromatic N) is 1. The van der Waals surface area contributed by atoms with Crippen LogP contribution in [0.2, 0.25) is 0 Å². The van der Waals surface area contributed by atoms with Crippen molar-refractivity contribution in [3.8, 4) is 0 Å². The van der Waals surface area contributed by atoms with Gasteiger partial charge in [0.1, 0.15) is 5.01 Å². The van der Waals surface area contributed by atoms with Crippen LogP contribution in [0, 0.1) is 12.8 Å². The molecule has 0 radical (unpaired) electrons. The average Bonchev–Trinajstić information content (AvgIpc) is 2.34. The maximum atomic E-state index is 5.96. The fraction of sp³-hybridized carbons (Fsp3) is 0.667. The molecule has 0 fully saturated rings. The molecule has 0 aliphatic rings. The van der Waals surface area contributed by atoms with Gasteiger partial charge in [0.05, 0.1) is 6.04 Å². The highest BCUT2D eigenvalue weighted by molar-refractivity contribution is 7.09. The van der Waals surface area contributed by atoms with Gasteiger partial charge in [0.15, 0.2) is 0 Å². The van der Waals surface area contributed by atoms with Gasteiger partial charge in [0.25, 0.3) is 0 Å². The summed E-state index contributed by atoms with van der Waals surface area (Å²) < 4.78 is 0. The highest BCUT2D eigenvalue weighted by Crippen LogP contribution is 2.21. The Morgan fingerprint density at radius 3 is 2.67 bits per heavy atom. The Balaban J connectivity index is 2.58. The van der Waals surface area contributed by atoms with Gasteiger partial charge in [0, 0.05) is 11.1 Å². The highest BCUT2D eigenvalue weighted by atomic mass is 32.1. The first-order chi connectivity index (χ1) is 5.59. The standard InChI is InChI=1S/C9H16N2S/c1-6(2)4-8(10)9-11-7(3)5-12-9/h5-6,8H,4,10H2,1-3H3. The molecule has 0 aromatic carbocycles. The molecule has 12 heavy (non-hydrogen) atoms. The second-order valence-electron chi connectivity index (χ2n) is 3.56. The molecule has 0 spiro atoms. The number of rotatable bonds is 3. The summed E-state index contributed by atoms with van der Waals surface area (Å²) in [5.41, 5.74) is 7.04. The molecule has 1 aromatic rings. The first-order valence-corrected chi connectivity index (χ1v) is 5.15. The Kier molecular flexibility index (Phi) is 3.23. The van der Waals surface area contributed by atoms with Crippen LogP contribution in [0.25, 0.3) is 0 Å². The van der Waals surface area contributed by atoms with Crippen molar-refractivity contribution in [3.05, 3.63) is 16.1 Å². The van der Waals surface area contributed by atoms with Crippen molar-refractivity contribution in [3.63, 3.8) is 0 Å². The minimum atomic E-state index is 0.128. The molecule has 0 saturated carbocycles. The van der Waals surface area contributed by atoms with E-state index in [1.807, 2.05) is 6.92 Å². The molecule has 1 rings (SSSR count). The summed E-state index contributed by atoms with van der Waals surface area (Å²) in [4.78, 5) is 4.36. The van der Waals surface area contributed by atoms with Gasteiger partial charge in [0.2, 0.25) is 0 Å². The molecule has 1 atom stereocenters. The van der Waals surface area contributed by atoms with Gasteiger partial charge in [-0.1, -0.05) is 13.8 Å². The van der Waals surface area contributed by atoms with Crippen LogP contribution in [0.1, 0.15) is 37.0 Å². The molecule has 1 unspecified atom stereocenters. The number of hydrogen-bond acceptors (Lipinski definition) is 3. The molecular weight excluding hydrogens is 168 g/mol. The lowest BCUT2D eigenvalue weighted by molar-refractivity contribution is 0.508. The van der Waals surface area contributed by atoms with Crippen molar-refractivity contribution < 1.29 is 0 Å². The summed E-state index contributed by atoms with van der Waals surface area (Å²) in [7, 11) is 0. The molecule has 0 aliphatic heterocycles. The number of thiazole rings is 1. The molecule has 1 aromatic heterocycles. The number of hydrogen-bond donors (Lipinski definition) is 1. The zero-order valence-electron chi connectivity index (χ0n) is 7.87. The fourth-order valence-electron chi connectivity index (χ4n) is 1.15. The first kappa shape index (κ1) is 9.68. The SMILES string of the molecule is Cc1csc(C(N)CC(C)C)n1. The van der Waals surface area contributed by atoms with E-state index in [9.17, 15) is 0 Å². The smallest absolute Gasteiger partial charge is 0.110 e. The van der Waals surface area contributed by atoms with Crippen molar-refractivity contribution in [1.82, 2.24) is 4.98 Å². The second kappa shape index (κ2) is 4.01. The van der Waals surface area contributed by atoms with E-state index in [1.54, 1.807) is 11.3 Å². The first-order valence-electron chi connectivity index (χ1n) is 4.27. The maximum absolute atomic E-state index is 5.96. The van der Waals surface area contributed by atoms with Crippen molar-refractivity contribution in [2.75, 3.05) is 0 Å². The summed E-state index contributed by atoms with van der Waals surface area (Å²) in [6.45, 7) is 6.36. The normalized spacial score (nSPS) is 13.8. The van der Waals surface area contributed by atoms with Crippen LogP contribution in [0.3, 0.4) is 0 Å². The Morgan fingerprint density at radius 2 is 2.25 bits per heavy atom. The summed E-state index contributed by atoms with van der Waals surface area (Å²) in [5, 5.41) is 3.12. The van der Waals surface area contributed by atoms with Crippen LogP contribution >= 0.6 is 11.3 Å². The molecule has 0 bridgehead atoms. The summed E-state index contributed by atoms with van der Waals surface area (Å²) in [6, 6.07) is 0.128. The van der Waals surface area contributed by atoms with Crippen LogP contribution in [0.5, 0.6) is 0 Å². The van der Waals surface area contributed by atoms with Gasteiger partial charge >= 0.3 is 0 Å². The van der Waals surface area contributed by atoms with E-state index in [4.69, 9.17) is 5.73 Å². The summed E-state index contributed by atoms with van der Waals surface area (Å²) in [6.07, 6.45) is 1.02. The quantitative estimate of drug-likeness (QED) is 0.784. The molecule has 0 saturated heterocycles. The van der Waals surface area contributed by atoms with E-state index >= 15 is 0 Å². The molecule has 0 amide bonds. The lowest BCUT2D eigenvalue weighted by atomic mass is 10.1. The topological polar surface area (TPSA) is 38.9 Å². The van der Waals surface area contributed by atoms with E-state index in [-0.39, 0.29) is 6.04 Å². The van der Waals surface area contributed by atoms with Crippen molar-refractivity contribution >= 4 is 11.3 Å². The van der Waals surface area contributed by atoms with Crippen LogP contribution in [-0.4, -0.2) is 4.98 Å².